The zero-order chi connectivity index (χ0) is 11.5. The van der Waals surface area contributed by atoms with Crippen molar-refractivity contribution < 1.29 is 19.4 Å². The molecule has 88 valence electrons. The van der Waals surface area contributed by atoms with E-state index in [1.54, 1.807) is 20.8 Å². The van der Waals surface area contributed by atoms with Gasteiger partial charge in [-0.3, -0.25) is 4.79 Å². The summed E-state index contributed by atoms with van der Waals surface area (Å²) in [6.07, 6.45) is 1.05. The summed E-state index contributed by atoms with van der Waals surface area (Å²) in [7, 11) is 0. The number of esters is 1. The maximum Gasteiger partial charge on any atom is 0.315 e. The lowest BCUT2D eigenvalue weighted by molar-refractivity contribution is -0.183. The third-order valence-corrected chi connectivity index (χ3v) is 3.18. The van der Waals surface area contributed by atoms with Crippen LogP contribution in [0, 0.1) is 5.41 Å². The van der Waals surface area contributed by atoms with Crippen LogP contribution in [0.5, 0.6) is 0 Å². The Morgan fingerprint density at radius 2 is 2.00 bits per heavy atom. The largest absolute Gasteiger partial charge is 0.465 e. The van der Waals surface area contributed by atoms with E-state index in [0.717, 1.165) is 0 Å². The second kappa shape index (κ2) is 4.49. The predicted octanol–water partition coefficient (Wildman–Crippen LogP) is 1.12. The fraction of sp³-hybridized carbons (Fsp3) is 0.909. The number of hydrogen-bond donors (Lipinski definition) is 1. The van der Waals surface area contributed by atoms with Gasteiger partial charge >= 0.3 is 5.97 Å². The maximum absolute atomic E-state index is 11.9. The van der Waals surface area contributed by atoms with Crippen LogP contribution in [0.15, 0.2) is 0 Å². The molecule has 0 bridgehead atoms. The van der Waals surface area contributed by atoms with Crippen molar-refractivity contribution in [3.63, 3.8) is 0 Å². The molecule has 1 fully saturated rings. The number of aliphatic hydroxyl groups is 1. The SMILES string of the molecule is CCOC(=O)C1(C(C)(C)O)CCOCC1. The fourth-order valence-electron chi connectivity index (χ4n) is 2.05. The number of carbonyl (C=O) groups excluding carboxylic acids is 1. The average Bonchev–Trinajstić information content (AvgIpc) is 2.17. The molecular weight excluding hydrogens is 196 g/mol. The molecule has 0 aliphatic carbocycles. The first kappa shape index (κ1) is 12.5. The van der Waals surface area contributed by atoms with Crippen LogP contribution in [0.3, 0.4) is 0 Å². The quantitative estimate of drug-likeness (QED) is 0.718. The van der Waals surface area contributed by atoms with E-state index in [1.807, 2.05) is 0 Å². The molecule has 1 aliphatic heterocycles. The molecule has 0 spiro atoms. The smallest absolute Gasteiger partial charge is 0.315 e. The Morgan fingerprint density at radius 3 is 2.40 bits per heavy atom. The number of carbonyl (C=O) groups is 1. The molecular formula is C11H20O4. The highest BCUT2D eigenvalue weighted by molar-refractivity contribution is 5.78. The van der Waals surface area contributed by atoms with Gasteiger partial charge in [0.15, 0.2) is 0 Å². The summed E-state index contributed by atoms with van der Waals surface area (Å²) >= 11 is 0. The Hall–Kier alpha value is -0.610. The van der Waals surface area contributed by atoms with Crippen molar-refractivity contribution in [2.75, 3.05) is 19.8 Å². The Kier molecular flexibility index (Phi) is 3.73. The van der Waals surface area contributed by atoms with E-state index in [2.05, 4.69) is 0 Å². The second-order valence-electron chi connectivity index (χ2n) is 4.47. The molecule has 0 aromatic rings. The summed E-state index contributed by atoms with van der Waals surface area (Å²) in [5.74, 6) is -0.305. The molecule has 4 heteroatoms. The molecule has 0 unspecified atom stereocenters. The molecule has 1 heterocycles. The minimum absolute atomic E-state index is 0.305. The van der Waals surface area contributed by atoms with Crippen molar-refractivity contribution in [2.45, 2.75) is 39.2 Å². The molecule has 0 amide bonds. The van der Waals surface area contributed by atoms with Crippen molar-refractivity contribution in [1.82, 2.24) is 0 Å². The Labute approximate surface area is 90.6 Å². The van der Waals surface area contributed by atoms with Crippen molar-refractivity contribution >= 4 is 5.97 Å². The van der Waals surface area contributed by atoms with Gasteiger partial charge in [0.05, 0.1) is 12.2 Å². The van der Waals surface area contributed by atoms with E-state index < -0.39 is 11.0 Å². The van der Waals surface area contributed by atoms with Gasteiger partial charge in [0.25, 0.3) is 0 Å². The van der Waals surface area contributed by atoms with Gasteiger partial charge in [0, 0.05) is 13.2 Å². The Morgan fingerprint density at radius 1 is 1.47 bits per heavy atom. The van der Waals surface area contributed by atoms with Crippen LogP contribution in [0.4, 0.5) is 0 Å². The lowest BCUT2D eigenvalue weighted by atomic mass is 9.68. The number of rotatable bonds is 3. The molecule has 0 radical (unpaired) electrons. The van der Waals surface area contributed by atoms with E-state index in [9.17, 15) is 9.90 Å². The van der Waals surface area contributed by atoms with Crippen LogP contribution in [0.1, 0.15) is 33.6 Å². The van der Waals surface area contributed by atoms with E-state index in [4.69, 9.17) is 9.47 Å². The van der Waals surface area contributed by atoms with Crippen molar-refractivity contribution in [3.05, 3.63) is 0 Å². The summed E-state index contributed by atoms with van der Waals surface area (Å²) < 4.78 is 10.3. The minimum atomic E-state index is -1.07. The highest BCUT2D eigenvalue weighted by atomic mass is 16.5. The van der Waals surface area contributed by atoms with Gasteiger partial charge in [-0.2, -0.15) is 0 Å². The highest BCUT2D eigenvalue weighted by Crippen LogP contribution is 2.41. The third-order valence-electron chi connectivity index (χ3n) is 3.18. The van der Waals surface area contributed by atoms with Crippen LogP contribution >= 0.6 is 0 Å². The van der Waals surface area contributed by atoms with Crippen molar-refractivity contribution in [1.29, 1.82) is 0 Å². The monoisotopic (exact) mass is 216 g/mol. The standard InChI is InChI=1S/C11H20O4/c1-4-15-9(12)11(10(2,3)13)5-7-14-8-6-11/h13H,4-8H2,1-3H3. The Balaban J connectivity index is 2.90. The van der Waals surface area contributed by atoms with E-state index in [0.29, 0.717) is 32.7 Å². The van der Waals surface area contributed by atoms with E-state index in [1.165, 1.54) is 0 Å². The van der Waals surface area contributed by atoms with Crippen LogP contribution in [-0.4, -0.2) is 36.5 Å². The van der Waals surface area contributed by atoms with Gasteiger partial charge in [0.2, 0.25) is 0 Å². The molecule has 1 rings (SSSR count). The second-order valence-corrected chi connectivity index (χ2v) is 4.47. The summed E-state index contributed by atoms with van der Waals surface area (Å²) in [5.41, 5.74) is -1.87. The van der Waals surface area contributed by atoms with Crippen molar-refractivity contribution in [2.24, 2.45) is 5.41 Å². The molecule has 0 aromatic heterocycles. The molecule has 0 atom stereocenters. The van der Waals surface area contributed by atoms with Gasteiger partial charge in [-0.05, 0) is 33.6 Å². The lowest BCUT2D eigenvalue weighted by Crippen LogP contribution is -2.53. The fourth-order valence-corrected chi connectivity index (χ4v) is 2.05. The summed E-state index contributed by atoms with van der Waals surface area (Å²) in [6, 6.07) is 0. The highest BCUT2D eigenvalue weighted by Gasteiger charge is 2.52. The predicted molar refractivity (Wildman–Crippen MR) is 55.4 cm³/mol. The van der Waals surface area contributed by atoms with Crippen molar-refractivity contribution in [3.8, 4) is 0 Å². The van der Waals surface area contributed by atoms with Crippen LogP contribution in [-0.2, 0) is 14.3 Å². The first-order valence-electron chi connectivity index (χ1n) is 5.41. The zero-order valence-electron chi connectivity index (χ0n) is 9.71. The maximum atomic E-state index is 11.9. The average molecular weight is 216 g/mol. The van der Waals surface area contributed by atoms with E-state index >= 15 is 0 Å². The van der Waals surface area contributed by atoms with Gasteiger partial charge in [-0.1, -0.05) is 0 Å². The topological polar surface area (TPSA) is 55.8 Å². The lowest BCUT2D eigenvalue weighted by Gasteiger charge is -2.43. The molecule has 15 heavy (non-hydrogen) atoms. The van der Waals surface area contributed by atoms with Gasteiger partial charge < -0.3 is 14.6 Å². The molecule has 0 saturated carbocycles. The normalized spacial score (nSPS) is 21.1. The van der Waals surface area contributed by atoms with E-state index in [-0.39, 0.29) is 5.97 Å². The molecule has 1 N–H and O–H groups in total. The third kappa shape index (κ3) is 2.32. The van der Waals surface area contributed by atoms with Crippen LogP contribution in [0.2, 0.25) is 0 Å². The molecule has 4 nitrogen and oxygen atoms in total. The minimum Gasteiger partial charge on any atom is -0.465 e. The van der Waals surface area contributed by atoms with Gasteiger partial charge in [0.1, 0.15) is 5.41 Å². The number of ether oxygens (including phenoxy) is 2. The van der Waals surface area contributed by atoms with Crippen LogP contribution < -0.4 is 0 Å². The summed E-state index contributed by atoms with van der Waals surface area (Å²) in [6.45, 7) is 6.45. The first-order chi connectivity index (χ1) is 6.94. The zero-order valence-corrected chi connectivity index (χ0v) is 9.71. The van der Waals surface area contributed by atoms with Crippen LogP contribution in [0.25, 0.3) is 0 Å². The summed E-state index contributed by atoms with van der Waals surface area (Å²) in [4.78, 5) is 11.9. The molecule has 0 aromatic carbocycles. The molecule has 1 saturated heterocycles. The molecule has 1 aliphatic rings. The number of hydrogen-bond acceptors (Lipinski definition) is 4. The first-order valence-corrected chi connectivity index (χ1v) is 5.41. The van der Waals surface area contributed by atoms with Gasteiger partial charge in [-0.25, -0.2) is 0 Å². The summed E-state index contributed by atoms with van der Waals surface area (Å²) in [5, 5.41) is 10.1. The van der Waals surface area contributed by atoms with Gasteiger partial charge in [-0.15, -0.1) is 0 Å². The Bertz CT molecular complexity index is 223.